The van der Waals surface area contributed by atoms with E-state index in [9.17, 15) is 18.0 Å². The van der Waals surface area contributed by atoms with Crippen molar-refractivity contribution in [2.24, 2.45) is 0 Å². The maximum absolute atomic E-state index is 14.0. The van der Waals surface area contributed by atoms with Gasteiger partial charge in [-0.3, -0.25) is 9.78 Å². The number of anilines is 2. The molecule has 1 aliphatic heterocycles. The van der Waals surface area contributed by atoms with Crippen LogP contribution in [0.25, 0.3) is 5.69 Å². The average Bonchev–Trinajstić information content (AvgIpc) is 3.47. The number of aromatic nitrogens is 2. The van der Waals surface area contributed by atoms with E-state index < -0.39 is 23.8 Å². The highest BCUT2D eigenvalue weighted by atomic mass is 32.1. The molecule has 1 amide bonds. The zero-order valence-electron chi connectivity index (χ0n) is 23.5. The topological polar surface area (TPSA) is 71.4 Å². The van der Waals surface area contributed by atoms with E-state index in [1.807, 2.05) is 42.2 Å². The van der Waals surface area contributed by atoms with Gasteiger partial charge in [0.1, 0.15) is 5.75 Å². The highest BCUT2D eigenvalue weighted by Gasteiger charge is 2.43. The molecule has 1 fully saturated rings. The van der Waals surface area contributed by atoms with E-state index in [1.54, 1.807) is 42.8 Å². The van der Waals surface area contributed by atoms with Gasteiger partial charge in [-0.1, -0.05) is 25.1 Å². The van der Waals surface area contributed by atoms with Crippen molar-refractivity contribution < 1.29 is 22.7 Å². The summed E-state index contributed by atoms with van der Waals surface area (Å²) in [5.41, 5.74) is 3.34. The van der Waals surface area contributed by atoms with Crippen LogP contribution in [-0.4, -0.2) is 27.7 Å². The molecule has 5 rings (SSSR count). The SMILES string of the molecule is CCC(=O)Nc1ccc(N2C(=S)N[C@@H](c3ccccn3)[C@@H]2c2cc(C)n(-c3ccccc3C(F)(F)F)c2C)cc1OC. The Labute approximate surface area is 247 Å². The Kier molecular flexibility index (Phi) is 7.96. The van der Waals surface area contributed by atoms with Crippen molar-refractivity contribution in [3.05, 3.63) is 101 Å². The van der Waals surface area contributed by atoms with Gasteiger partial charge < -0.3 is 24.8 Å². The van der Waals surface area contributed by atoms with Crippen LogP contribution in [0.1, 0.15) is 53.6 Å². The van der Waals surface area contributed by atoms with E-state index in [0.717, 1.165) is 17.3 Å². The largest absolute Gasteiger partial charge is 0.494 e. The van der Waals surface area contributed by atoms with Crippen molar-refractivity contribution in [2.45, 2.75) is 45.5 Å². The lowest BCUT2D eigenvalue weighted by atomic mass is 9.96. The fourth-order valence-electron chi connectivity index (χ4n) is 5.49. The summed E-state index contributed by atoms with van der Waals surface area (Å²) in [5, 5.41) is 6.64. The van der Waals surface area contributed by atoms with E-state index in [0.29, 0.717) is 40.0 Å². The maximum atomic E-state index is 14.0. The van der Waals surface area contributed by atoms with Gasteiger partial charge >= 0.3 is 6.18 Å². The summed E-state index contributed by atoms with van der Waals surface area (Å²) in [4.78, 5) is 18.6. The van der Waals surface area contributed by atoms with Crippen LogP contribution in [0.15, 0.2) is 72.9 Å². The van der Waals surface area contributed by atoms with Gasteiger partial charge in [-0.2, -0.15) is 13.2 Å². The van der Waals surface area contributed by atoms with Crippen LogP contribution in [0.3, 0.4) is 0 Å². The third kappa shape index (κ3) is 5.32. The van der Waals surface area contributed by atoms with E-state index in [-0.39, 0.29) is 11.6 Å². The minimum atomic E-state index is -4.52. The maximum Gasteiger partial charge on any atom is 0.418 e. The molecule has 218 valence electrons. The Balaban J connectivity index is 1.68. The second-order valence-electron chi connectivity index (χ2n) is 9.96. The molecule has 11 heteroatoms. The molecule has 1 aliphatic rings. The van der Waals surface area contributed by atoms with Crippen LogP contribution < -0.4 is 20.3 Å². The fraction of sp³-hybridized carbons (Fsp3) is 0.258. The molecule has 2 aromatic carbocycles. The number of amides is 1. The van der Waals surface area contributed by atoms with E-state index >= 15 is 0 Å². The van der Waals surface area contributed by atoms with Crippen LogP contribution in [0.5, 0.6) is 5.75 Å². The Hall–Kier alpha value is -4.38. The minimum absolute atomic E-state index is 0.0541. The van der Waals surface area contributed by atoms with Crippen molar-refractivity contribution in [2.75, 3.05) is 17.3 Å². The average molecular weight is 594 g/mol. The molecule has 2 N–H and O–H groups in total. The number of hydrogen-bond acceptors (Lipinski definition) is 4. The Morgan fingerprint density at radius 2 is 1.83 bits per heavy atom. The number of rotatable bonds is 7. The van der Waals surface area contributed by atoms with Crippen LogP contribution in [-0.2, 0) is 11.0 Å². The van der Waals surface area contributed by atoms with Gasteiger partial charge in [-0.15, -0.1) is 0 Å². The number of carbonyl (C=O) groups excluding carboxylic acids is 1. The first-order valence-electron chi connectivity index (χ1n) is 13.4. The number of nitrogens with one attached hydrogen (secondary N) is 2. The molecule has 42 heavy (non-hydrogen) atoms. The van der Waals surface area contributed by atoms with E-state index in [4.69, 9.17) is 17.0 Å². The van der Waals surface area contributed by atoms with Gasteiger partial charge in [0.2, 0.25) is 5.91 Å². The summed E-state index contributed by atoms with van der Waals surface area (Å²) in [6.45, 7) is 5.36. The molecule has 7 nitrogen and oxygen atoms in total. The van der Waals surface area contributed by atoms with Crippen molar-refractivity contribution in [1.82, 2.24) is 14.9 Å². The second kappa shape index (κ2) is 11.5. The summed E-state index contributed by atoms with van der Waals surface area (Å²) >= 11 is 5.84. The number of ether oxygens (including phenoxy) is 1. The minimum Gasteiger partial charge on any atom is -0.494 e. The van der Waals surface area contributed by atoms with Gasteiger partial charge in [-0.25, -0.2) is 0 Å². The smallest absolute Gasteiger partial charge is 0.418 e. The molecular weight excluding hydrogens is 563 g/mol. The molecule has 2 atom stereocenters. The molecular formula is C31H30F3N5O2S. The number of methoxy groups -OCH3 is 1. The number of pyridine rings is 1. The van der Waals surface area contributed by atoms with Gasteiger partial charge in [-0.05, 0) is 74.1 Å². The third-order valence-electron chi connectivity index (χ3n) is 7.40. The highest BCUT2D eigenvalue weighted by molar-refractivity contribution is 7.80. The second-order valence-corrected chi connectivity index (χ2v) is 10.3. The number of benzene rings is 2. The normalized spacial score (nSPS) is 16.8. The molecule has 3 heterocycles. The predicted octanol–water partition coefficient (Wildman–Crippen LogP) is 7.04. The Morgan fingerprint density at radius 1 is 1.10 bits per heavy atom. The standard InChI is InChI=1S/C31H30F3N5O2S/c1-5-27(40)36-23-14-13-20(17-26(23)41-4)39-29(28(37-30(39)42)24-11-8-9-15-35-24)21-16-18(2)38(19(21)3)25-12-7-6-10-22(25)31(32,33)34/h6-17,28-29H,5H2,1-4H3,(H,36,40)(H,37,42)/t28-,29-/m0/s1. The van der Waals surface area contributed by atoms with Crippen LogP contribution in [0.4, 0.5) is 24.5 Å². The first-order valence-corrected chi connectivity index (χ1v) is 13.8. The monoisotopic (exact) mass is 593 g/mol. The molecule has 1 saturated heterocycles. The molecule has 0 aliphatic carbocycles. The number of alkyl halides is 3. The zero-order chi connectivity index (χ0) is 30.2. The predicted molar refractivity (Wildman–Crippen MR) is 160 cm³/mol. The Bertz CT molecular complexity index is 1640. The quantitative estimate of drug-likeness (QED) is 0.224. The summed E-state index contributed by atoms with van der Waals surface area (Å²) in [6.07, 6.45) is -2.52. The molecule has 0 spiro atoms. The number of hydrogen-bond donors (Lipinski definition) is 2. The summed E-state index contributed by atoms with van der Waals surface area (Å²) < 4.78 is 49.3. The number of thiocarbonyl (C=S) groups is 1. The Morgan fingerprint density at radius 3 is 2.50 bits per heavy atom. The first kappa shape index (κ1) is 29.1. The first-order chi connectivity index (χ1) is 20.0. The molecule has 0 saturated carbocycles. The lowest BCUT2D eigenvalue weighted by molar-refractivity contribution is -0.137. The van der Waals surface area contributed by atoms with Crippen LogP contribution >= 0.6 is 12.2 Å². The molecule has 0 bridgehead atoms. The van der Waals surface area contributed by atoms with Crippen molar-refractivity contribution in [1.29, 1.82) is 0 Å². The zero-order valence-corrected chi connectivity index (χ0v) is 24.3. The fourth-order valence-corrected chi connectivity index (χ4v) is 5.83. The summed E-state index contributed by atoms with van der Waals surface area (Å²) in [6, 6.07) is 17.5. The van der Waals surface area contributed by atoms with Gasteiger partial charge in [0, 0.05) is 35.8 Å². The molecule has 0 unspecified atom stereocenters. The third-order valence-corrected chi connectivity index (χ3v) is 7.71. The number of aryl methyl sites for hydroxylation is 1. The van der Waals surface area contributed by atoms with Crippen molar-refractivity contribution in [3.8, 4) is 11.4 Å². The molecule has 2 aromatic heterocycles. The number of para-hydroxylation sites is 1. The van der Waals surface area contributed by atoms with Gasteiger partial charge in [0.15, 0.2) is 5.11 Å². The van der Waals surface area contributed by atoms with Crippen LogP contribution in [0, 0.1) is 13.8 Å². The number of carbonyl (C=O) groups is 1. The van der Waals surface area contributed by atoms with E-state index in [2.05, 4.69) is 15.6 Å². The van der Waals surface area contributed by atoms with Crippen LogP contribution in [0.2, 0.25) is 0 Å². The summed E-state index contributed by atoms with van der Waals surface area (Å²) in [7, 11) is 1.52. The lowest BCUT2D eigenvalue weighted by Gasteiger charge is -2.29. The van der Waals surface area contributed by atoms with Gasteiger partial charge in [0.05, 0.1) is 41.8 Å². The lowest BCUT2D eigenvalue weighted by Crippen LogP contribution is -2.29. The van der Waals surface area contributed by atoms with E-state index in [1.165, 1.54) is 19.2 Å². The number of nitrogens with zero attached hydrogens (tertiary/aromatic N) is 3. The van der Waals surface area contributed by atoms with Gasteiger partial charge in [0.25, 0.3) is 0 Å². The number of halogens is 3. The highest BCUT2D eigenvalue weighted by Crippen LogP contribution is 2.46. The van der Waals surface area contributed by atoms with Crippen molar-refractivity contribution >= 4 is 34.6 Å². The molecule has 0 radical (unpaired) electrons. The van der Waals surface area contributed by atoms with Crippen molar-refractivity contribution in [3.63, 3.8) is 0 Å². The molecule has 4 aromatic rings. The summed E-state index contributed by atoms with van der Waals surface area (Å²) in [5.74, 6) is 0.292.